The number of fused-ring (bicyclic) bond motifs is 4. The van der Waals surface area contributed by atoms with Crippen molar-refractivity contribution in [2.24, 2.45) is 0 Å². The molecule has 6 rings (SSSR count). The largest absolute Gasteiger partial charge is 0.454 e. The van der Waals surface area contributed by atoms with E-state index in [0.717, 1.165) is 58.1 Å². The van der Waals surface area contributed by atoms with Gasteiger partial charge in [-0.15, -0.1) is 0 Å². The first kappa shape index (κ1) is 17.6. The third kappa shape index (κ3) is 2.71. The molecule has 0 amide bonds. The van der Waals surface area contributed by atoms with E-state index in [9.17, 15) is 4.79 Å². The smallest absolute Gasteiger partial charge is 0.231 e. The molecule has 4 heterocycles. The molecule has 2 aromatic carbocycles. The van der Waals surface area contributed by atoms with Gasteiger partial charge in [0, 0.05) is 23.2 Å². The maximum absolute atomic E-state index is 13.5. The fourth-order valence-corrected chi connectivity index (χ4v) is 4.85. The third-order valence-electron chi connectivity index (χ3n) is 6.38. The second-order valence-corrected chi connectivity index (χ2v) is 8.03. The van der Waals surface area contributed by atoms with Crippen LogP contribution < -0.4 is 18.9 Å². The van der Waals surface area contributed by atoms with E-state index < -0.39 is 0 Å². The average molecular weight is 403 g/mol. The van der Waals surface area contributed by atoms with Crippen LogP contribution in [0.1, 0.15) is 24.0 Å². The highest BCUT2D eigenvalue weighted by Crippen LogP contribution is 2.42. The molecule has 2 fully saturated rings. The fourth-order valence-electron chi connectivity index (χ4n) is 4.85. The van der Waals surface area contributed by atoms with Crippen LogP contribution in [0.25, 0.3) is 12.2 Å². The van der Waals surface area contributed by atoms with Gasteiger partial charge in [-0.1, -0.05) is 12.1 Å². The van der Waals surface area contributed by atoms with Crippen molar-refractivity contribution in [3.05, 3.63) is 58.7 Å². The first-order valence-corrected chi connectivity index (χ1v) is 10.2. The number of ether oxygens (including phenoxy) is 4. The minimum Gasteiger partial charge on any atom is -0.454 e. The predicted octanol–water partition coefficient (Wildman–Crippen LogP) is 3.66. The molecule has 152 valence electrons. The van der Waals surface area contributed by atoms with E-state index in [2.05, 4.69) is 11.9 Å². The van der Waals surface area contributed by atoms with Crippen molar-refractivity contribution in [2.75, 3.05) is 20.6 Å². The number of hydrogen-bond acceptors (Lipinski definition) is 6. The van der Waals surface area contributed by atoms with Gasteiger partial charge in [0.15, 0.2) is 28.8 Å². The Morgan fingerprint density at radius 2 is 1.23 bits per heavy atom. The first-order chi connectivity index (χ1) is 14.7. The zero-order chi connectivity index (χ0) is 20.2. The highest BCUT2D eigenvalue weighted by atomic mass is 16.7. The van der Waals surface area contributed by atoms with Crippen molar-refractivity contribution in [1.82, 2.24) is 4.90 Å². The lowest BCUT2D eigenvalue weighted by Crippen LogP contribution is -2.43. The number of carbonyl (C=O) groups excluding carboxylic acids is 1. The average Bonchev–Trinajstić information content (AvgIpc) is 3.47. The second kappa shape index (κ2) is 6.64. The topological polar surface area (TPSA) is 57.2 Å². The molecule has 30 heavy (non-hydrogen) atoms. The molecule has 2 aromatic rings. The summed E-state index contributed by atoms with van der Waals surface area (Å²) in [7, 11) is 2.11. The number of Topliss-reactive ketones (excluding diaryl/α,β-unsaturated/α-hetero) is 1. The fraction of sp³-hybridized carbons (Fsp3) is 0.292. The summed E-state index contributed by atoms with van der Waals surface area (Å²) in [5.41, 5.74) is 3.56. The molecule has 0 radical (unpaired) electrons. The van der Waals surface area contributed by atoms with E-state index in [0.29, 0.717) is 0 Å². The van der Waals surface area contributed by atoms with Gasteiger partial charge in [-0.25, -0.2) is 0 Å². The normalized spacial score (nSPS) is 26.8. The molecule has 4 aliphatic rings. The Morgan fingerprint density at radius 3 is 1.73 bits per heavy atom. The zero-order valence-electron chi connectivity index (χ0n) is 16.6. The van der Waals surface area contributed by atoms with Crippen LogP contribution in [0.15, 0.2) is 47.5 Å². The molecule has 6 heteroatoms. The van der Waals surface area contributed by atoms with Crippen molar-refractivity contribution in [3.63, 3.8) is 0 Å². The maximum Gasteiger partial charge on any atom is 0.231 e. The lowest BCUT2D eigenvalue weighted by atomic mass is 9.88. The van der Waals surface area contributed by atoms with Gasteiger partial charge in [0.1, 0.15) is 0 Å². The Hall–Kier alpha value is -3.25. The van der Waals surface area contributed by atoms with Gasteiger partial charge in [-0.3, -0.25) is 9.69 Å². The summed E-state index contributed by atoms with van der Waals surface area (Å²) in [6.07, 6.45) is 5.95. The minimum absolute atomic E-state index is 0.121. The molecule has 0 saturated carbocycles. The molecule has 0 N–H and O–H groups in total. The van der Waals surface area contributed by atoms with Crippen molar-refractivity contribution in [3.8, 4) is 23.0 Å². The van der Waals surface area contributed by atoms with Gasteiger partial charge in [-0.05, 0) is 67.4 Å². The van der Waals surface area contributed by atoms with Crippen molar-refractivity contribution >= 4 is 17.9 Å². The summed E-state index contributed by atoms with van der Waals surface area (Å²) >= 11 is 0. The standard InChI is InChI=1S/C24H21NO5/c1-25-18-4-5-19(25)17(9-15-3-7-21-23(11-15)30-13-28-21)24(26)16(18)8-14-2-6-20-22(10-14)29-12-27-20/h2-3,6-11,18-19H,4-5,12-13H2,1H3/b16-8-,17-9-/t18-,19-/m0/s1. The molecular weight excluding hydrogens is 382 g/mol. The number of benzene rings is 2. The maximum atomic E-state index is 13.5. The van der Waals surface area contributed by atoms with Crippen LogP contribution in [0.4, 0.5) is 0 Å². The first-order valence-electron chi connectivity index (χ1n) is 10.2. The van der Waals surface area contributed by atoms with Crippen molar-refractivity contribution in [2.45, 2.75) is 24.9 Å². The summed E-state index contributed by atoms with van der Waals surface area (Å²) in [6.45, 7) is 0.480. The van der Waals surface area contributed by atoms with Gasteiger partial charge in [-0.2, -0.15) is 0 Å². The van der Waals surface area contributed by atoms with Crippen LogP contribution in [0, 0.1) is 0 Å². The third-order valence-corrected chi connectivity index (χ3v) is 6.38. The number of likely N-dealkylation sites (N-methyl/N-ethyl adjacent to an activating group) is 1. The quantitative estimate of drug-likeness (QED) is 0.714. The van der Waals surface area contributed by atoms with Crippen LogP contribution in [0.2, 0.25) is 0 Å². The van der Waals surface area contributed by atoms with Crippen LogP contribution in [0.5, 0.6) is 23.0 Å². The lowest BCUT2D eigenvalue weighted by Gasteiger charge is -2.34. The summed E-state index contributed by atoms with van der Waals surface area (Å²) in [6, 6.07) is 11.9. The number of carbonyl (C=O) groups is 1. The van der Waals surface area contributed by atoms with E-state index in [1.54, 1.807) is 0 Å². The lowest BCUT2D eigenvalue weighted by molar-refractivity contribution is -0.114. The van der Waals surface area contributed by atoms with Gasteiger partial charge in [0.05, 0.1) is 0 Å². The van der Waals surface area contributed by atoms with E-state index in [1.807, 2.05) is 48.6 Å². The Bertz CT molecular complexity index is 1030. The van der Waals surface area contributed by atoms with Gasteiger partial charge in [0.2, 0.25) is 13.6 Å². The van der Waals surface area contributed by atoms with Gasteiger partial charge in [0.25, 0.3) is 0 Å². The van der Waals surface area contributed by atoms with E-state index in [4.69, 9.17) is 18.9 Å². The Labute approximate surface area is 174 Å². The molecule has 2 bridgehead atoms. The number of rotatable bonds is 2. The summed E-state index contributed by atoms with van der Waals surface area (Å²) in [5.74, 6) is 3.06. The van der Waals surface area contributed by atoms with Crippen LogP contribution in [-0.4, -0.2) is 43.4 Å². The number of piperidine rings is 1. The highest BCUT2D eigenvalue weighted by molar-refractivity contribution is 6.16. The van der Waals surface area contributed by atoms with Crippen LogP contribution >= 0.6 is 0 Å². The van der Waals surface area contributed by atoms with Gasteiger partial charge >= 0.3 is 0 Å². The monoisotopic (exact) mass is 403 g/mol. The Kier molecular flexibility index (Phi) is 3.89. The van der Waals surface area contributed by atoms with E-state index >= 15 is 0 Å². The SMILES string of the molecule is CN1[C@H]2CC[C@H]1/C(=C/c1ccc3c(c1)OCO3)C(=O)/C2=C\c1ccc2c(c1)OCO2. The van der Waals surface area contributed by atoms with Gasteiger partial charge < -0.3 is 18.9 Å². The van der Waals surface area contributed by atoms with Crippen LogP contribution in [0.3, 0.4) is 0 Å². The second-order valence-electron chi connectivity index (χ2n) is 8.03. The molecular formula is C24H21NO5. The molecule has 6 nitrogen and oxygen atoms in total. The molecule has 0 spiro atoms. The molecule has 2 atom stereocenters. The summed E-state index contributed by atoms with van der Waals surface area (Å²) in [4.78, 5) is 15.9. The van der Waals surface area contributed by atoms with E-state index in [1.165, 1.54) is 0 Å². The summed E-state index contributed by atoms with van der Waals surface area (Å²) < 4.78 is 21.8. The molecule has 0 unspecified atom stereocenters. The molecule has 4 aliphatic heterocycles. The summed E-state index contributed by atoms with van der Waals surface area (Å²) in [5, 5.41) is 0. The minimum atomic E-state index is 0.121. The molecule has 0 aliphatic carbocycles. The van der Waals surface area contributed by atoms with Crippen molar-refractivity contribution < 1.29 is 23.7 Å². The molecule has 2 saturated heterocycles. The molecule has 0 aromatic heterocycles. The number of ketones is 1. The van der Waals surface area contributed by atoms with Crippen LogP contribution in [-0.2, 0) is 4.79 Å². The van der Waals surface area contributed by atoms with Crippen molar-refractivity contribution in [1.29, 1.82) is 0 Å². The highest BCUT2D eigenvalue weighted by Gasteiger charge is 2.44. The van der Waals surface area contributed by atoms with E-state index in [-0.39, 0.29) is 31.5 Å². The predicted molar refractivity (Wildman–Crippen MR) is 111 cm³/mol. The number of nitrogens with zero attached hydrogens (tertiary/aromatic N) is 1. The Balaban J connectivity index is 1.39. The number of hydrogen-bond donors (Lipinski definition) is 0. The zero-order valence-corrected chi connectivity index (χ0v) is 16.6. The Morgan fingerprint density at radius 1 is 0.767 bits per heavy atom.